The minimum atomic E-state index is -1.48. The molecule has 0 aliphatic heterocycles. The van der Waals surface area contributed by atoms with Crippen LogP contribution in [0.1, 0.15) is 16.2 Å². The highest BCUT2D eigenvalue weighted by Crippen LogP contribution is 2.29. The third-order valence-corrected chi connectivity index (χ3v) is 4.23. The first-order chi connectivity index (χ1) is 11.2. The molecule has 3 rings (SSSR count). The second-order valence-corrected chi connectivity index (χ2v) is 5.90. The summed E-state index contributed by atoms with van der Waals surface area (Å²) in [6, 6.07) is 8.80. The summed E-state index contributed by atoms with van der Waals surface area (Å²) in [5, 5.41) is 15.6. The fourth-order valence-corrected chi connectivity index (χ4v) is 2.78. The molecule has 3 heterocycles. The number of rotatable bonds is 6. The first-order valence-corrected chi connectivity index (χ1v) is 7.85. The lowest BCUT2D eigenvalue weighted by Crippen LogP contribution is -2.40. The quantitative estimate of drug-likeness (QED) is 0.682. The normalized spacial score (nSPS) is 14.0. The zero-order valence-corrected chi connectivity index (χ0v) is 13.0. The van der Waals surface area contributed by atoms with Gasteiger partial charge in [-0.25, -0.2) is 0 Å². The van der Waals surface area contributed by atoms with Crippen LogP contribution in [-0.2, 0) is 10.4 Å². The predicted molar refractivity (Wildman–Crippen MR) is 86.8 cm³/mol. The Bertz CT molecular complexity index is 724. The summed E-state index contributed by atoms with van der Waals surface area (Å²) < 4.78 is 10.3. The van der Waals surface area contributed by atoms with Gasteiger partial charge in [-0.05, 0) is 35.7 Å². The topological polar surface area (TPSA) is 75.6 Å². The number of hydrogen-bond acceptors (Lipinski definition) is 5. The summed E-state index contributed by atoms with van der Waals surface area (Å²) in [6.45, 7) is -0.0341. The van der Waals surface area contributed by atoms with Crippen LogP contribution in [0.5, 0.6) is 0 Å². The van der Waals surface area contributed by atoms with Crippen LogP contribution in [-0.4, -0.2) is 17.6 Å². The molecule has 2 N–H and O–H groups in total. The van der Waals surface area contributed by atoms with Gasteiger partial charge in [-0.1, -0.05) is 6.07 Å². The lowest BCUT2D eigenvalue weighted by molar-refractivity contribution is -0.117. The summed E-state index contributed by atoms with van der Waals surface area (Å²) in [5.41, 5.74) is -0.974. The van der Waals surface area contributed by atoms with E-state index in [9.17, 15) is 9.90 Å². The molecule has 118 valence electrons. The molecule has 5 nitrogen and oxygen atoms in total. The number of hydrogen-bond donors (Lipinski definition) is 2. The highest BCUT2D eigenvalue weighted by atomic mass is 32.1. The van der Waals surface area contributed by atoms with Crippen molar-refractivity contribution in [3.8, 4) is 0 Å². The maximum absolute atomic E-state index is 12.0. The van der Waals surface area contributed by atoms with E-state index in [2.05, 4.69) is 5.32 Å². The van der Waals surface area contributed by atoms with Crippen molar-refractivity contribution in [2.75, 3.05) is 6.54 Å². The fraction of sp³-hybridized carbons (Fsp3) is 0.118. The zero-order valence-electron chi connectivity index (χ0n) is 12.1. The molecule has 23 heavy (non-hydrogen) atoms. The van der Waals surface area contributed by atoms with E-state index in [-0.39, 0.29) is 12.5 Å². The molecule has 1 amide bonds. The molecule has 0 fully saturated rings. The molecule has 0 spiro atoms. The van der Waals surface area contributed by atoms with Crippen LogP contribution < -0.4 is 5.32 Å². The molecule has 6 heteroatoms. The Morgan fingerprint density at radius 1 is 1.30 bits per heavy atom. The van der Waals surface area contributed by atoms with Gasteiger partial charge in [-0.2, -0.15) is 0 Å². The molecule has 0 unspecified atom stereocenters. The van der Waals surface area contributed by atoms with Crippen LogP contribution in [0.2, 0.25) is 0 Å². The van der Waals surface area contributed by atoms with Crippen molar-refractivity contribution in [1.29, 1.82) is 0 Å². The van der Waals surface area contributed by atoms with E-state index in [1.165, 1.54) is 24.9 Å². The summed E-state index contributed by atoms with van der Waals surface area (Å²) in [7, 11) is 0. The molecule has 0 saturated carbocycles. The van der Waals surface area contributed by atoms with E-state index in [1.807, 2.05) is 17.5 Å². The molecular weight excluding hydrogens is 314 g/mol. The minimum Gasteiger partial charge on any atom is -0.472 e. The Balaban J connectivity index is 1.71. The summed E-state index contributed by atoms with van der Waals surface area (Å²) in [4.78, 5) is 12.9. The number of carbonyl (C=O) groups excluding carboxylic acids is 1. The molecular formula is C17H15NO4S. The van der Waals surface area contributed by atoms with Crippen molar-refractivity contribution in [3.05, 3.63) is 76.8 Å². The molecule has 0 aliphatic rings. The highest BCUT2D eigenvalue weighted by molar-refractivity contribution is 7.10. The van der Waals surface area contributed by atoms with E-state index < -0.39 is 5.60 Å². The Kier molecular flexibility index (Phi) is 4.45. The summed E-state index contributed by atoms with van der Waals surface area (Å²) in [6.07, 6.45) is 7.52. The lowest BCUT2D eigenvalue weighted by atomic mass is 9.93. The molecule has 3 aromatic rings. The average Bonchev–Trinajstić information content (AvgIpc) is 3.33. The van der Waals surface area contributed by atoms with Crippen molar-refractivity contribution >= 4 is 23.3 Å². The second kappa shape index (κ2) is 6.68. The molecule has 0 radical (unpaired) electrons. The number of carbonyl (C=O) groups is 1. The van der Waals surface area contributed by atoms with Crippen molar-refractivity contribution in [2.45, 2.75) is 5.60 Å². The van der Waals surface area contributed by atoms with E-state index >= 15 is 0 Å². The van der Waals surface area contributed by atoms with Gasteiger partial charge in [-0.3, -0.25) is 4.79 Å². The van der Waals surface area contributed by atoms with Gasteiger partial charge in [0.15, 0.2) is 5.60 Å². The minimum absolute atomic E-state index is 0.0341. The van der Waals surface area contributed by atoms with E-state index in [1.54, 1.807) is 35.6 Å². The molecule has 1 atom stereocenters. The van der Waals surface area contributed by atoms with E-state index in [0.717, 1.165) is 4.88 Å². The Hall–Kier alpha value is -2.57. The molecule has 0 aromatic carbocycles. The Morgan fingerprint density at radius 2 is 2.22 bits per heavy atom. The van der Waals surface area contributed by atoms with Gasteiger partial charge in [0.2, 0.25) is 5.91 Å². The summed E-state index contributed by atoms with van der Waals surface area (Å²) >= 11 is 1.54. The van der Waals surface area contributed by atoms with Gasteiger partial charge in [0, 0.05) is 16.5 Å². The van der Waals surface area contributed by atoms with Crippen LogP contribution in [0, 0.1) is 0 Å². The Morgan fingerprint density at radius 3 is 2.87 bits per heavy atom. The largest absolute Gasteiger partial charge is 0.472 e. The smallest absolute Gasteiger partial charge is 0.244 e. The molecule has 0 bridgehead atoms. The van der Waals surface area contributed by atoms with E-state index in [4.69, 9.17) is 8.83 Å². The van der Waals surface area contributed by atoms with Crippen molar-refractivity contribution in [2.24, 2.45) is 0 Å². The molecule has 3 aromatic heterocycles. The van der Waals surface area contributed by atoms with Crippen LogP contribution in [0.15, 0.2) is 69.4 Å². The number of thiophene rings is 1. The van der Waals surface area contributed by atoms with Crippen molar-refractivity contribution < 1.29 is 18.7 Å². The highest BCUT2D eigenvalue weighted by Gasteiger charge is 2.35. The van der Waals surface area contributed by atoms with Crippen LogP contribution in [0.4, 0.5) is 0 Å². The van der Waals surface area contributed by atoms with Crippen LogP contribution in [0.3, 0.4) is 0 Å². The predicted octanol–water partition coefficient (Wildman–Crippen LogP) is 3.00. The first kappa shape index (κ1) is 15.3. The van der Waals surface area contributed by atoms with Gasteiger partial charge in [0.1, 0.15) is 5.76 Å². The van der Waals surface area contributed by atoms with Gasteiger partial charge in [0.25, 0.3) is 0 Å². The Labute approximate surface area is 136 Å². The fourth-order valence-electron chi connectivity index (χ4n) is 2.16. The van der Waals surface area contributed by atoms with Gasteiger partial charge in [-0.15, -0.1) is 11.3 Å². The third-order valence-electron chi connectivity index (χ3n) is 3.39. The third kappa shape index (κ3) is 3.44. The monoisotopic (exact) mass is 329 g/mol. The van der Waals surface area contributed by atoms with E-state index in [0.29, 0.717) is 11.3 Å². The van der Waals surface area contributed by atoms with Gasteiger partial charge >= 0.3 is 0 Å². The average molecular weight is 329 g/mol. The first-order valence-electron chi connectivity index (χ1n) is 6.97. The number of furan rings is 2. The van der Waals surface area contributed by atoms with Gasteiger partial charge in [0.05, 0.1) is 25.3 Å². The maximum Gasteiger partial charge on any atom is 0.244 e. The second-order valence-electron chi connectivity index (χ2n) is 4.92. The standard InChI is InChI=1S/C17H15NO4S/c19-16(6-5-14-3-2-10-23-14)18-12-17(20,13-7-9-21-11-13)15-4-1-8-22-15/h1-11,20H,12H2,(H,18,19)/b6-5+/t17-/m0/s1. The van der Waals surface area contributed by atoms with Crippen molar-refractivity contribution in [3.63, 3.8) is 0 Å². The summed E-state index contributed by atoms with van der Waals surface area (Å²) in [5.74, 6) is 0.0355. The SMILES string of the molecule is O=C(/C=C/c1cccs1)NC[C@](O)(c1ccoc1)c1ccco1. The number of nitrogens with one attached hydrogen (secondary N) is 1. The number of aliphatic hydroxyl groups is 1. The van der Waals surface area contributed by atoms with Crippen LogP contribution >= 0.6 is 11.3 Å². The van der Waals surface area contributed by atoms with Crippen LogP contribution in [0.25, 0.3) is 6.08 Å². The number of amides is 1. The lowest BCUT2D eigenvalue weighted by Gasteiger charge is -2.24. The van der Waals surface area contributed by atoms with Gasteiger partial charge < -0.3 is 19.3 Å². The van der Waals surface area contributed by atoms with Crippen molar-refractivity contribution in [1.82, 2.24) is 5.32 Å². The maximum atomic E-state index is 12.0. The zero-order chi connectivity index (χ0) is 16.1. The molecule has 0 saturated heterocycles. The molecule has 0 aliphatic carbocycles.